The molecule has 1 aliphatic carbocycles. The lowest BCUT2D eigenvalue weighted by Gasteiger charge is -2.34. The van der Waals surface area contributed by atoms with Gasteiger partial charge in [0.2, 0.25) is 0 Å². The summed E-state index contributed by atoms with van der Waals surface area (Å²) >= 11 is 0. The summed E-state index contributed by atoms with van der Waals surface area (Å²) in [6.45, 7) is 3.87. The summed E-state index contributed by atoms with van der Waals surface area (Å²) in [4.78, 5) is 12.7. The van der Waals surface area contributed by atoms with Crippen LogP contribution >= 0.6 is 0 Å². The van der Waals surface area contributed by atoms with Crippen molar-refractivity contribution >= 4 is 5.97 Å². The van der Waals surface area contributed by atoms with Crippen molar-refractivity contribution in [2.45, 2.75) is 51.6 Å². The van der Waals surface area contributed by atoms with Gasteiger partial charge < -0.3 is 5.11 Å². The van der Waals surface area contributed by atoms with Gasteiger partial charge in [0, 0.05) is 6.04 Å². The van der Waals surface area contributed by atoms with Crippen molar-refractivity contribution < 1.29 is 9.90 Å². The molecule has 3 nitrogen and oxygen atoms in total. The maximum Gasteiger partial charge on any atom is 0.320 e. The van der Waals surface area contributed by atoms with E-state index in [1.807, 2.05) is 11.9 Å². The molecule has 14 heavy (non-hydrogen) atoms. The third kappa shape index (κ3) is 2.71. The third-order valence-electron chi connectivity index (χ3n) is 3.56. The molecule has 0 heterocycles. The van der Waals surface area contributed by atoms with E-state index in [2.05, 4.69) is 6.92 Å². The second-order valence-corrected chi connectivity index (χ2v) is 4.56. The fourth-order valence-corrected chi connectivity index (χ4v) is 1.93. The summed E-state index contributed by atoms with van der Waals surface area (Å²) in [5, 5.41) is 8.86. The van der Waals surface area contributed by atoms with Crippen molar-refractivity contribution in [3.8, 4) is 0 Å². The molecule has 0 bridgehead atoms. The fraction of sp³-hybridized carbons (Fsp3) is 0.909. The second kappa shape index (κ2) is 4.78. The molecule has 0 aromatic carbocycles. The second-order valence-electron chi connectivity index (χ2n) is 4.56. The molecule has 1 N–H and O–H groups in total. The van der Waals surface area contributed by atoms with Crippen molar-refractivity contribution in [1.29, 1.82) is 0 Å². The minimum absolute atomic E-state index is 0.370. The largest absolute Gasteiger partial charge is 0.480 e. The Morgan fingerprint density at radius 1 is 1.50 bits per heavy atom. The third-order valence-corrected chi connectivity index (χ3v) is 3.56. The molecule has 1 saturated carbocycles. The molecule has 1 fully saturated rings. The smallest absolute Gasteiger partial charge is 0.320 e. The van der Waals surface area contributed by atoms with Crippen LogP contribution in [0.5, 0.6) is 0 Å². The Balaban J connectivity index is 2.34. The van der Waals surface area contributed by atoms with Gasteiger partial charge in [-0.2, -0.15) is 0 Å². The van der Waals surface area contributed by atoms with E-state index in [0.717, 1.165) is 12.3 Å². The van der Waals surface area contributed by atoms with Crippen LogP contribution in [0.1, 0.15) is 39.5 Å². The number of carboxylic acids is 1. The van der Waals surface area contributed by atoms with Crippen LogP contribution in [0, 0.1) is 5.92 Å². The number of nitrogens with zero attached hydrogens (tertiary/aromatic N) is 1. The minimum atomic E-state index is -0.729. The van der Waals surface area contributed by atoms with E-state index in [4.69, 9.17) is 5.11 Å². The molecular formula is C11H21NO2. The SMILES string of the molecule is CC(CC1CCC1)N(C)C(C)C(=O)O. The Morgan fingerprint density at radius 2 is 2.07 bits per heavy atom. The van der Waals surface area contributed by atoms with E-state index in [1.165, 1.54) is 19.3 Å². The average Bonchev–Trinajstić information content (AvgIpc) is 2.08. The first kappa shape index (κ1) is 11.5. The lowest BCUT2D eigenvalue weighted by molar-refractivity contribution is -0.143. The highest BCUT2D eigenvalue weighted by Crippen LogP contribution is 2.31. The Hall–Kier alpha value is -0.570. The number of carboxylic acid groups (broad SMARTS) is 1. The molecule has 1 aliphatic rings. The highest BCUT2D eigenvalue weighted by Gasteiger charge is 2.26. The molecular weight excluding hydrogens is 178 g/mol. The quantitative estimate of drug-likeness (QED) is 0.736. The molecule has 0 aliphatic heterocycles. The highest BCUT2D eigenvalue weighted by atomic mass is 16.4. The van der Waals surface area contributed by atoms with E-state index >= 15 is 0 Å². The Morgan fingerprint density at radius 3 is 2.43 bits per heavy atom. The number of likely N-dealkylation sites (N-methyl/N-ethyl adjacent to an activating group) is 1. The molecule has 0 saturated heterocycles. The van der Waals surface area contributed by atoms with Gasteiger partial charge in [0.15, 0.2) is 0 Å². The molecule has 0 aromatic heterocycles. The van der Waals surface area contributed by atoms with Crippen molar-refractivity contribution in [1.82, 2.24) is 4.90 Å². The molecule has 82 valence electrons. The summed E-state index contributed by atoms with van der Waals surface area (Å²) in [6.07, 6.45) is 5.17. The highest BCUT2D eigenvalue weighted by molar-refractivity contribution is 5.72. The van der Waals surface area contributed by atoms with E-state index in [9.17, 15) is 4.79 Å². The molecule has 3 heteroatoms. The van der Waals surface area contributed by atoms with Gasteiger partial charge in [-0.1, -0.05) is 19.3 Å². The predicted octanol–water partition coefficient (Wildman–Crippen LogP) is 1.97. The summed E-state index contributed by atoms with van der Waals surface area (Å²) < 4.78 is 0. The van der Waals surface area contributed by atoms with Crippen LogP contribution in [0.25, 0.3) is 0 Å². The Kier molecular flexibility index (Phi) is 3.93. The van der Waals surface area contributed by atoms with Crippen LogP contribution in [0.2, 0.25) is 0 Å². The van der Waals surface area contributed by atoms with Crippen LogP contribution in [-0.4, -0.2) is 35.1 Å². The standard InChI is InChI=1S/C11H21NO2/c1-8(7-10-5-4-6-10)12(3)9(2)11(13)14/h8-10H,4-7H2,1-3H3,(H,13,14). The van der Waals surface area contributed by atoms with E-state index in [-0.39, 0.29) is 6.04 Å². The molecule has 1 rings (SSSR count). The molecule has 0 aromatic rings. The Bertz CT molecular complexity index is 201. The number of hydrogen-bond donors (Lipinski definition) is 1. The predicted molar refractivity (Wildman–Crippen MR) is 56.3 cm³/mol. The van der Waals surface area contributed by atoms with Gasteiger partial charge in [0.25, 0.3) is 0 Å². The summed E-state index contributed by atoms with van der Waals surface area (Å²) in [5.74, 6) is 0.112. The first-order valence-corrected chi connectivity index (χ1v) is 5.47. The van der Waals surface area contributed by atoms with Gasteiger partial charge >= 0.3 is 5.97 Å². The number of aliphatic carboxylic acids is 1. The summed E-state index contributed by atoms with van der Waals surface area (Å²) in [7, 11) is 1.90. The van der Waals surface area contributed by atoms with Crippen LogP contribution < -0.4 is 0 Å². The first-order valence-electron chi connectivity index (χ1n) is 5.47. The lowest BCUT2D eigenvalue weighted by Crippen LogP contribution is -2.42. The van der Waals surface area contributed by atoms with Crippen LogP contribution in [0.4, 0.5) is 0 Å². The molecule has 0 amide bonds. The van der Waals surface area contributed by atoms with Crippen molar-refractivity contribution in [2.24, 2.45) is 5.92 Å². The van der Waals surface area contributed by atoms with Gasteiger partial charge in [-0.25, -0.2) is 0 Å². The van der Waals surface area contributed by atoms with Crippen molar-refractivity contribution in [2.75, 3.05) is 7.05 Å². The summed E-state index contributed by atoms with van der Waals surface area (Å²) in [5.41, 5.74) is 0. The number of carbonyl (C=O) groups is 1. The first-order chi connectivity index (χ1) is 6.52. The fourth-order valence-electron chi connectivity index (χ4n) is 1.93. The number of rotatable bonds is 5. The van der Waals surface area contributed by atoms with E-state index in [1.54, 1.807) is 6.92 Å². The zero-order valence-electron chi connectivity index (χ0n) is 9.36. The number of hydrogen-bond acceptors (Lipinski definition) is 2. The van der Waals surface area contributed by atoms with Gasteiger partial charge in [-0.05, 0) is 33.2 Å². The normalized spacial score (nSPS) is 21.7. The van der Waals surface area contributed by atoms with E-state index in [0.29, 0.717) is 6.04 Å². The minimum Gasteiger partial charge on any atom is -0.480 e. The topological polar surface area (TPSA) is 40.5 Å². The van der Waals surface area contributed by atoms with Crippen LogP contribution in [0.15, 0.2) is 0 Å². The molecule has 2 unspecified atom stereocenters. The zero-order valence-corrected chi connectivity index (χ0v) is 9.36. The van der Waals surface area contributed by atoms with Gasteiger partial charge in [0.1, 0.15) is 6.04 Å². The lowest BCUT2D eigenvalue weighted by atomic mass is 9.81. The van der Waals surface area contributed by atoms with Gasteiger partial charge in [-0.15, -0.1) is 0 Å². The molecule has 2 atom stereocenters. The molecule has 0 radical (unpaired) electrons. The van der Waals surface area contributed by atoms with Crippen molar-refractivity contribution in [3.63, 3.8) is 0 Å². The van der Waals surface area contributed by atoms with Crippen LogP contribution in [0.3, 0.4) is 0 Å². The maximum atomic E-state index is 10.8. The summed E-state index contributed by atoms with van der Waals surface area (Å²) in [6, 6.07) is 0.0106. The van der Waals surface area contributed by atoms with Crippen LogP contribution in [-0.2, 0) is 4.79 Å². The van der Waals surface area contributed by atoms with Gasteiger partial charge in [-0.3, -0.25) is 9.69 Å². The Labute approximate surface area is 86.1 Å². The maximum absolute atomic E-state index is 10.8. The monoisotopic (exact) mass is 199 g/mol. The molecule has 0 spiro atoms. The van der Waals surface area contributed by atoms with Gasteiger partial charge in [0.05, 0.1) is 0 Å². The van der Waals surface area contributed by atoms with E-state index < -0.39 is 5.97 Å². The van der Waals surface area contributed by atoms with Crippen molar-refractivity contribution in [3.05, 3.63) is 0 Å². The zero-order chi connectivity index (χ0) is 10.7. The average molecular weight is 199 g/mol.